The monoisotopic (exact) mass is 415 g/mol. The molecule has 0 saturated heterocycles. The average Bonchev–Trinajstić information content (AvgIpc) is 2.73. The number of halogens is 2. The normalized spacial score (nSPS) is 12.7. The lowest BCUT2D eigenvalue weighted by molar-refractivity contribution is 0.601. The summed E-state index contributed by atoms with van der Waals surface area (Å²) >= 11 is 9.00. The third kappa shape index (κ3) is 3.53. The molecule has 0 amide bonds. The van der Waals surface area contributed by atoms with Gasteiger partial charge >= 0.3 is 0 Å². The lowest BCUT2D eigenvalue weighted by atomic mass is 9.95. The first kappa shape index (κ1) is 16.2. The average molecular weight is 417 g/mol. The van der Waals surface area contributed by atoms with E-state index in [-0.39, 0.29) is 6.04 Å². The number of aryl methyl sites for hydroxylation is 2. The second-order valence-corrected chi connectivity index (χ2v) is 8.22. The van der Waals surface area contributed by atoms with E-state index in [9.17, 15) is 0 Å². The quantitative estimate of drug-likeness (QED) is 0.632. The van der Waals surface area contributed by atoms with E-state index < -0.39 is 0 Å². The molecule has 0 aliphatic heterocycles. The van der Waals surface area contributed by atoms with E-state index in [0.717, 1.165) is 21.2 Å². The molecule has 0 radical (unpaired) electrons. The van der Waals surface area contributed by atoms with Crippen LogP contribution in [0.1, 0.15) is 41.0 Å². The van der Waals surface area contributed by atoms with Crippen LogP contribution < -0.4 is 5.32 Å². The van der Waals surface area contributed by atoms with Gasteiger partial charge in [-0.2, -0.15) is 0 Å². The van der Waals surface area contributed by atoms with Gasteiger partial charge in [0.25, 0.3) is 0 Å². The van der Waals surface area contributed by atoms with E-state index in [1.807, 2.05) is 0 Å². The van der Waals surface area contributed by atoms with Crippen molar-refractivity contribution in [2.24, 2.45) is 0 Å². The zero-order valence-corrected chi connectivity index (χ0v) is 16.0. The Hall–Kier alpha value is -0.160. The van der Waals surface area contributed by atoms with Crippen LogP contribution >= 0.6 is 43.2 Å². The van der Waals surface area contributed by atoms with Crippen LogP contribution in [0, 0.1) is 13.8 Å². The zero-order valence-electron chi connectivity index (χ0n) is 12.0. The minimum Gasteiger partial charge on any atom is -0.306 e. The number of rotatable bonds is 5. The van der Waals surface area contributed by atoms with Crippen LogP contribution in [0.5, 0.6) is 0 Å². The molecule has 0 aliphatic rings. The fourth-order valence-corrected chi connectivity index (χ4v) is 4.60. The predicted octanol–water partition coefficient (Wildman–Crippen LogP) is 5.98. The van der Waals surface area contributed by atoms with Crippen LogP contribution in [0.4, 0.5) is 0 Å². The molecule has 108 valence electrons. The summed E-state index contributed by atoms with van der Waals surface area (Å²) in [6, 6.07) is 9.00. The third-order valence-corrected chi connectivity index (χ3v) is 6.70. The highest BCUT2D eigenvalue weighted by molar-refractivity contribution is 9.13. The first-order valence-corrected chi connectivity index (χ1v) is 9.19. The van der Waals surface area contributed by atoms with Gasteiger partial charge in [0.2, 0.25) is 0 Å². The summed E-state index contributed by atoms with van der Waals surface area (Å²) in [6.45, 7) is 7.61. The zero-order chi connectivity index (χ0) is 14.7. The minimum atomic E-state index is 0.267. The van der Waals surface area contributed by atoms with Crippen molar-refractivity contribution >= 4 is 43.2 Å². The highest BCUT2D eigenvalue weighted by Gasteiger charge is 2.20. The smallest absolute Gasteiger partial charge is 0.0843 e. The van der Waals surface area contributed by atoms with Crippen molar-refractivity contribution in [2.75, 3.05) is 6.54 Å². The van der Waals surface area contributed by atoms with Gasteiger partial charge in [0.05, 0.1) is 9.83 Å². The molecule has 1 unspecified atom stereocenters. The van der Waals surface area contributed by atoms with Gasteiger partial charge in [-0.3, -0.25) is 0 Å². The summed E-state index contributed by atoms with van der Waals surface area (Å²) in [7, 11) is 0. The highest BCUT2D eigenvalue weighted by Crippen LogP contribution is 2.39. The van der Waals surface area contributed by atoms with Gasteiger partial charge in [-0.1, -0.05) is 25.1 Å². The van der Waals surface area contributed by atoms with E-state index in [4.69, 9.17) is 0 Å². The number of hydrogen-bond donors (Lipinski definition) is 1. The van der Waals surface area contributed by atoms with Gasteiger partial charge in [0, 0.05) is 9.35 Å². The fourth-order valence-electron chi connectivity index (χ4n) is 2.42. The van der Waals surface area contributed by atoms with Gasteiger partial charge in [-0.15, -0.1) is 11.3 Å². The second-order valence-electron chi connectivity index (χ2n) is 4.96. The van der Waals surface area contributed by atoms with Gasteiger partial charge < -0.3 is 5.32 Å². The molecule has 0 fully saturated rings. The number of thiophene rings is 1. The van der Waals surface area contributed by atoms with Crippen LogP contribution in [0.2, 0.25) is 0 Å². The molecule has 1 nitrogen and oxygen atoms in total. The molecule has 1 atom stereocenters. The third-order valence-electron chi connectivity index (χ3n) is 3.38. The first-order chi connectivity index (χ1) is 9.54. The van der Waals surface area contributed by atoms with Crippen LogP contribution in [-0.4, -0.2) is 6.54 Å². The van der Waals surface area contributed by atoms with E-state index in [1.165, 1.54) is 21.6 Å². The first-order valence-electron chi connectivity index (χ1n) is 6.78. The SMILES string of the molecule is CCCNC(c1cc(Br)c(Br)s1)c1c(C)cccc1C. The molecule has 0 saturated carbocycles. The second kappa shape index (κ2) is 7.21. The predicted molar refractivity (Wildman–Crippen MR) is 95.8 cm³/mol. The molecule has 0 bridgehead atoms. The lowest BCUT2D eigenvalue weighted by Crippen LogP contribution is -2.24. The molecule has 20 heavy (non-hydrogen) atoms. The van der Waals surface area contributed by atoms with E-state index in [1.54, 1.807) is 11.3 Å². The Kier molecular flexibility index (Phi) is 5.84. The molecule has 2 rings (SSSR count). The Bertz CT molecular complexity index is 552. The maximum atomic E-state index is 3.69. The van der Waals surface area contributed by atoms with Gasteiger partial charge in [0.15, 0.2) is 0 Å². The van der Waals surface area contributed by atoms with Crippen molar-refractivity contribution < 1.29 is 0 Å². The van der Waals surface area contributed by atoms with Gasteiger partial charge in [-0.05, 0) is 81.4 Å². The maximum Gasteiger partial charge on any atom is 0.0843 e. The molecule has 1 heterocycles. The van der Waals surface area contributed by atoms with E-state index >= 15 is 0 Å². The Labute approximate surface area is 142 Å². The Morgan fingerprint density at radius 3 is 2.35 bits per heavy atom. The van der Waals surface area contributed by atoms with Gasteiger partial charge in [-0.25, -0.2) is 0 Å². The van der Waals surface area contributed by atoms with Crippen molar-refractivity contribution in [3.05, 3.63) is 54.1 Å². The largest absolute Gasteiger partial charge is 0.306 e. The summed E-state index contributed by atoms with van der Waals surface area (Å²) in [5.74, 6) is 0. The Morgan fingerprint density at radius 1 is 1.20 bits per heavy atom. The van der Waals surface area contributed by atoms with Crippen LogP contribution in [-0.2, 0) is 0 Å². The lowest BCUT2D eigenvalue weighted by Gasteiger charge is -2.22. The van der Waals surface area contributed by atoms with Crippen LogP contribution in [0.25, 0.3) is 0 Å². The summed E-state index contributed by atoms with van der Waals surface area (Å²) in [4.78, 5) is 1.34. The summed E-state index contributed by atoms with van der Waals surface area (Å²) < 4.78 is 2.29. The fraction of sp³-hybridized carbons (Fsp3) is 0.375. The molecule has 0 spiro atoms. The van der Waals surface area contributed by atoms with Crippen molar-refractivity contribution in [2.45, 2.75) is 33.2 Å². The van der Waals surface area contributed by atoms with Crippen molar-refractivity contribution in [1.29, 1.82) is 0 Å². The topological polar surface area (TPSA) is 12.0 Å². The number of benzene rings is 1. The van der Waals surface area contributed by atoms with E-state index in [2.05, 4.69) is 82.2 Å². The minimum absolute atomic E-state index is 0.267. The Morgan fingerprint density at radius 2 is 1.85 bits per heavy atom. The molecule has 1 aromatic carbocycles. The number of nitrogens with one attached hydrogen (secondary N) is 1. The maximum absolute atomic E-state index is 3.69. The summed E-state index contributed by atoms with van der Waals surface area (Å²) in [5, 5.41) is 3.69. The summed E-state index contributed by atoms with van der Waals surface area (Å²) in [6.07, 6.45) is 1.13. The standard InChI is InChI=1S/C16H19Br2NS/c1-4-8-19-15(13-9-12(17)16(18)20-13)14-10(2)6-5-7-11(14)3/h5-7,9,15,19H,4,8H2,1-3H3. The molecule has 1 N–H and O–H groups in total. The van der Waals surface area contributed by atoms with Crippen molar-refractivity contribution in [3.63, 3.8) is 0 Å². The molecule has 1 aromatic heterocycles. The highest BCUT2D eigenvalue weighted by atomic mass is 79.9. The Balaban J connectivity index is 2.47. The summed E-state index contributed by atoms with van der Waals surface area (Å²) in [5.41, 5.74) is 4.10. The molecule has 0 aliphatic carbocycles. The van der Waals surface area contributed by atoms with Crippen LogP contribution in [0.3, 0.4) is 0 Å². The van der Waals surface area contributed by atoms with Gasteiger partial charge in [0.1, 0.15) is 0 Å². The number of hydrogen-bond acceptors (Lipinski definition) is 2. The molecule has 2 aromatic rings. The van der Waals surface area contributed by atoms with Crippen molar-refractivity contribution in [1.82, 2.24) is 5.32 Å². The molecular weight excluding hydrogens is 398 g/mol. The molecule has 4 heteroatoms. The van der Waals surface area contributed by atoms with Crippen LogP contribution in [0.15, 0.2) is 32.5 Å². The van der Waals surface area contributed by atoms with E-state index in [0.29, 0.717) is 0 Å². The van der Waals surface area contributed by atoms with Crippen molar-refractivity contribution in [3.8, 4) is 0 Å². The molecular formula is C16H19Br2NS.